The van der Waals surface area contributed by atoms with Gasteiger partial charge < -0.3 is 19.5 Å². The van der Waals surface area contributed by atoms with E-state index >= 15 is 0 Å². The van der Waals surface area contributed by atoms with Gasteiger partial charge in [0.15, 0.2) is 5.75 Å². The largest absolute Gasteiger partial charge is 0.437 e. The van der Waals surface area contributed by atoms with E-state index in [0.717, 1.165) is 42.6 Å². The van der Waals surface area contributed by atoms with E-state index in [9.17, 15) is 0 Å². The summed E-state index contributed by atoms with van der Waals surface area (Å²) in [6.45, 7) is 2.20. The van der Waals surface area contributed by atoms with Crippen LogP contribution in [0.2, 0.25) is 0 Å². The van der Waals surface area contributed by atoms with Crippen molar-refractivity contribution >= 4 is 16.9 Å². The summed E-state index contributed by atoms with van der Waals surface area (Å²) in [5, 5.41) is 4.59. The third kappa shape index (κ3) is 3.44. The Kier molecular flexibility index (Phi) is 4.28. The molecule has 0 spiro atoms. The summed E-state index contributed by atoms with van der Waals surface area (Å²) < 4.78 is 8.12. The normalized spacial score (nSPS) is 16.2. The van der Waals surface area contributed by atoms with Crippen molar-refractivity contribution in [2.75, 3.05) is 25.5 Å². The second-order valence-corrected chi connectivity index (χ2v) is 6.66. The molecule has 1 aliphatic heterocycles. The van der Waals surface area contributed by atoms with Crippen LogP contribution in [0.3, 0.4) is 0 Å². The van der Waals surface area contributed by atoms with Gasteiger partial charge in [-0.2, -0.15) is 4.98 Å². The highest BCUT2D eigenvalue weighted by Crippen LogP contribution is 2.29. The molecule has 0 atom stereocenters. The van der Waals surface area contributed by atoms with Crippen molar-refractivity contribution in [2.45, 2.75) is 18.9 Å². The van der Waals surface area contributed by atoms with Gasteiger partial charge in [0.25, 0.3) is 0 Å². The number of likely N-dealkylation sites (tertiary alicyclic amines) is 1. The van der Waals surface area contributed by atoms with Gasteiger partial charge in [0.05, 0.1) is 5.52 Å². The molecule has 1 fully saturated rings. The number of benzene rings is 1. The molecule has 0 amide bonds. The van der Waals surface area contributed by atoms with E-state index < -0.39 is 0 Å². The standard InChI is InChI=1S/C19H23N5O/c1-23-11-8-15(9-12-23)21-19-20-10-6-17(22-19)25-16-5-3-4-14-7-13-24(2)18(14)16/h3-7,10,13,15H,8-9,11-12H2,1-2H3,(H,20,21,22). The average Bonchev–Trinajstić information content (AvgIpc) is 3.00. The zero-order valence-corrected chi connectivity index (χ0v) is 14.6. The molecule has 6 heteroatoms. The molecule has 130 valence electrons. The summed E-state index contributed by atoms with van der Waals surface area (Å²) in [4.78, 5) is 11.2. The lowest BCUT2D eigenvalue weighted by Gasteiger charge is -2.29. The average molecular weight is 337 g/mol. The van der Waals surface area contributed by atoms with E-state index in [1.807, 2.05) is 25.4 Å². The Balaban J connectivity index is 1.52. The van der Waals surface area contributed by atoms with Crippen LogP contribution in [0.15, 0.2) is 42.7 Å². The minimum Gasteiger partial charge on any atom is -0.437 e. The molecule has 6 nitrogen and oxygen atoms in total. The summed E-state index contributed by atoms with van der Waals surface area (Å²) in [5.41, 5.74) is 1.06. The molecule has 0 unspecified atom stereocenters. The highest BCUT2D eigenvalue weighted by molar-refractivity contribution is 5.86. The van der Waals surface area contributed by atoms with Gasteiger partial charge in [-0.25, -0.2) is 4.98 Å². The third-order valence-corrected chi connectivity index (χ3v) is 4.76. The van der Waals surface area contributed by atoms with Gasteiger partial charge in [-0.1, -0.05) is 12.1 Å². The van der Waals surface area contributed by atoms with Gasteiger partial charge in [-0.15, -0.1) is 0 Å². The maximum atomic E-state index is 6.06. The number of anilines is 1. The summed E-state index contributed by atoms with van der Waals surface area (Å²) in [6, 6.07) is 10.3. The first kappa shape index (κ1) is 15.9. The van der Waals surface area contributed by atoms with Crippen LogP contribution in [0.25, 0.3) is 10.9 Å². The second-order valence-electron chi connectivity index (χ2n) is 6.66. The smallest absolute Gasteiger partial charge is 0.226 e. The Bertz CT molecular complexity index is 867. The first-order valence-electron chi connectivity index (χ1n) is 8.69. The van der Waals surface area contributed by atoms with Gasteiger partial charge in [0.1, 0.15) is 0 Å². The molecule has 1 N–H and O–H groups in total. The predicted molar refractivity (Wildman–Crippen MR) is 99.2 cm³/mol. The van der Waals surface area contributed by atoms with Crippen LogP contribution in [0.5, 0.6) is 11.6 Å². The number of rotatable bonds is 4. The number of fused-ring (bicyclic) bond motifs is 1. The van der Waals surface area contributed by atoms with Crippen molar-refractivity contribution in [3.8, 4) is 11.6 Å². The highest BCUT2D eigenvalue weighted by atomic mass is 16.5. The molecule has 1 aromatic carbocycles. The van der Waals surface area contributed by atoms with Crippen molar-refractivity contribution in [3.63, 3.8) is 0 Å². The lowest BCUT2D eigenvalue weighted by Crippen LogP contribution is -2.37. The number of aryl methyl sites for hydroxylation is 1. The summed E-state index contributed by atoms with van der Waals surface area (Å²) in [6.07, 6.45) is 5.98. The molecule has 0 bridgehead atoms. The van der Waals surface area contributed by atoms with Gasteiger partial charge in [0, 0.05) is 36.9 Å². The first-order valence-corrected chi connectivity index (χ1v) is 8.69. The fourth-order valence-corrected chi connectivity index (χ4v) is 3.32. The van der Waals surface area contributed by atoms with Gasteiger partial charge in [0.2, 0.25) is 11.8 Å². The zero-order valence-electron chi connectivity index (χ0n) is 14.6. The summed E-state index contributed by atoms with van der Waals surface area (Å²) in [7, 11) is 4.17. The lowest BCUT2D eigenvalue weighted by atomic mass is 10.1. The molecule has 3 aromatic rings. The first-order chi connectivity index (χ1) is 12.2. The van der Waals surface area contributed by atoms with Crippen LogP contribution < -0.4 is 10.1 Å². The summed E-state index contributed by atoms with van der Waals surface area (Å²) in [5.74, 6) is 1.99. The molecule has 3 heterocycles. The van der Waals surface area contributed by atoms with Crippen LogP contribution in [-0.4, -0.2) is 45.6 Å². The lowest BCUT2D eigenvalue weighted by molar-refractivity contribution is 0.263. The number of aromatic nitrogens is 3. The van der Waals surface area contributed by atoms with Crippen LogP contribution in [0.4, 0.5) is 5.95 Å². The van der Waals surface area contributed by atoms with Crippen LogP contribution in [0, 0.1) is 0 Å². The maximum Gasteiger partial charge on any atom is 0.226 e. The second kappa shape index (κ2) is 6.72. The molecule has 25 heavy (non-hydrogen) atoms. The van der Waals surface area contributed by atoms with E-state index in [4.69, 9.17) is 4.74 Å². The number of para-hydroxylation sites is 1. The van der Waals surface area contributed by atoms with Crippen molar-refractivity contribution in [2.24, 2.45) is 7.05 Å². The van der Waals surface area contributed by atoms with Crippen LogP contribution >= 0.6 is 0 Å². The molecule has 0 radical (unpaired) electrons. The van der Waals surface area contributed by atoms with Gasteiger partial charge in [-0.3, -0.25) is 0 Å². The van der Waals surface area contributed by atoms with E-state index in [1.54, 1.807) is 12.3 Å². The predicted octanol–water partition coefficient (Wildman–Crippen LogP) is 3.27. The zero-order chi connectivity index (χ0) is 17.2. The van der Waals surface area contributed by atoms with Gasteiger partial charge >= 0.3 is 0 Å². The number of hydrogen-bond donors (Lipinski definition) is 1. The molecule has 0 aliphatic carbocycles. The maximum absolute atomic E-state index is 6.06. The van der Waals surface area contributed by atoms with Crippen LogP contribution in [0.1, 0.15) is 12.8 Å². The third-order valence-electron chi connectivity index (χ3n) is 4.76. The minimum absolute atomic E-state index is 0.419. The quantitative estimate of drug-likeness (QED) is 0.792. The van der Waals surface area contributed by atoms with Crippen molar-refractivity contribution in [1.29, 1.82) is 0 Å². The highest BCUT2D eigenvalue weighted by Gasteiger charge is 2.17. The molecular formula is C19H23N5O. The van der Waals surface area contributed by atoms with Crippen molar-refractivity contribution in [3.05, 3.63) is 42.7 Å². The Morgan fingerprint density at radius 1 is 1.12 bits per heavy atom. The topological polar surface area (TPSA) is 55.2 Å². The molecular weight excluding hydrogens is 314 g/mol. The Labute approximate surface area is 147 Å². The van der Waals surface area contributed by atoms with E-state index in [2.05, 4.69) is 43.9 Å². The molecule has 4 rings (SSSR count). The van der Waals surface area contributed by atoms with Crippen molar-refractivity contribution < 1.29 is 4.74 Å². The van der Waals surface area contributed by atoms with Gasteiger partial charge in [-0.05, 0) is 45.1 Å². The Morgan fingerprint density at radius 3 is 2.80 bits per heavy atom. The van der Waals surface area contributed by atoms with Crippen LogP contribution in [-0.2, 0) is 7.05 Å². The number of nitrogens with zero attached hydrogens (tertiary/aromatic N) is 4. The van der Waals surface area contributed by atoms with E-state index in [-0.39, 0.29) is 0 Å². The minimum atomic E-state index is 0.419. The summed E-state index contributed by atoms with van der Waals surface area (Å²) >= 11 is 0. The molecule has 2 aromatic heterocycles. The SMILES string of the molecule is CN1CCC(Nc2nccc(Oc3cccc4ccn(C)c34)n2)CC1. The number of hydrogen-bond acceptors (Lipinski definition) is 5. The number of nitrogens with one attached hydrogen (secondary N) is 1. The monoisotopic (exact) mass is 337 g/mol. The fraction of sp³-hybridized carbons (Fsp3) is 0.368. The number of piperidine rings is 1. The van der Waals surface area contributed by atoms with E-state index in [1.165, 1.54) is 0 Å². The molecule has 1 aliphatic rings. The Morgan fingerprint density at radius 2 is 1.96 bits per heavy atom. The molecule has 0 saturated carbocycles. The van der Waals surface area contributed by atoms with E-state index in [0.29, 0.717) is 17.9 Å². The Hall–Kier alpha value is -2.60. The fourth-order valence-electron chi connectivity index (χ4n) is 3.32. The number of ether oxygens (including phenoxy) is 1. The molecule has 1 saturated heterocycles. The van der Waals surface area contributed by atoms with Crippen molar-refractivity contribution in [1.82, 2.24) is 19.4 Å².